The van der Waals surface area contributed by atoms with Crippen molar-refractivity contribution in [1.29, 1.82) is 0 Å². The summed E-state index contributed by atoms with van der Waals surface area (Å²) in [5.74, 6) is 4.40. The molecule has 0 aliphatic heterocycles. The van der Waals surface area contributed by atoms with E-state index in [-0.39, 0.29) is 29.5 Å². The molecule has 0 heterocycles. The average molecular weight is 449 g/mol. The van der Waals surface area contributed by atoms with E-state index in [0.717, 1.165) is 37.5 Å². The second-order valence-electron chi connectivity index (χ2n) is 14.0. The topological polar surface area (TPSA) is 60.7 Å². The van der Waals surface area contributed by atoms with E-state index in [4.69, 9.17) is 0 Å². The maximum absolute atomic E-state index is 11.4. The van der Waals surface area contributed by atoms with Crippen LogP contribution in [0.3, 0.4) is 0 Å². The fraction of sp³-hybridized carbons (Fsp3) is 1.00. The van der Waals surface area contributed by atoms with Crippen LogP contribution in [0.15, 0.2) is 0 Å². The third-order valence-corrected chi connectivity index (χ3v) is 12.1. The van der Waals surface area contributed by atoms with Crippen molar-refractivity contribution in [3.8, 4) is 0 Å². The molecule has 0 amide bonds. The van der Waals surface area contributed by atoms with Gasteiger partial charge in [-0.05, 0) is 123 Å². The van der Waals surface area contributed by atoms with Crippen LogP contribution in [0.2, 0.25) is 0 Å². The Balaban J connectivity index is 1.50. The van der Waals surface area contributed by atoms with Crippen molar-refractivity contribution in [3.63, 3.8) is 0 Å². The van der Waals surface area contributed by atoms with Crippen LogP contribution in [0, 0.1) is 58.2 Å². The first-order valence-corrected chi connectivity index (χ1v) is 13.9. The lowest BCUT2D eigenvalue weighted by Crippen LogP contribution is -2.60. The molecule has 0 aromatic heterocycles. The Morgan fingerprint density at radius 2 is 1.50 bits per heavy atom. The van der Waals surface area contributed by atoms with Crippen molar-refractivity contribution in [3.05, 3.63) is 0 Å². The van der Waals surface area contributed by atoms with Crippen LogP contribution >= 0.6 is 0 Å². The molecule has 0 spiro atoms. The third-order valence-electron chi connectivity index (χ3n) is 12.1. The molecule has 12 atom stereocenters. The van der Waals surface area contributed by atoms with E-state index in [1.807, 2.05) is 13.8 Å². The maximum Gasteiger partial charge on any atom is 0.0617 e. The Kier molecular flexibility index (Phi) is 6.65. The summed E-state index contributed by atoms with van der Waals surface area (Å²) in [5, 5.41) is 32.3. The van der Waals surface area contributed by atoms with Gasteiger partial charge in [0.2, 0.25) is 0 Å². The van der Waals surface area contributed by atoms with E-state index >= 15 is 0 Å². The van der Waals surface area contributed by atoms with Crippen molar-refractivity contribution >= 4 is 0 Å². The van der Waals surface area contributed by atoms with Gasteiger partial charge in [0.05, 0.1) is 17.8 Å². The summed E-state index contributed by atoms with van der Waals surface area (Å²) in [4.78, 5) is 0. The highest BCUT2D eigenvalue weighted by molar-refractivity contribution is 5.12. The molecule has 0 radical (unpaired) electrons. The quantitative estimate of drug-likeness (QED) is 0.480. The van der Waals surface area contributed by atoms with Gasteiger partial charge in [-0.25, -0.2) is 0 Å². The molecule has 32 heavy (non-hydrogen) atoms. The molecule has 4 rings (SSSR count). The second kappa shape index (κ2) is 8.52. The van der Waals surface area contributed by atoms with E-state index in [1.165, 1.54) is 32.1 Å². The number of aliphatic hydroxyl groups excluding tert-OH is 2. The predicted octanol–water partition coefficient (Wildman–Crippen LogP) is 6.05. The predicted molar refractivity (Wildman–Crippen MR) is 131 cm³/mol. The molecule has 4 fully saturated rings. The molecule has 3 N–H and O–H groups in total. The molecular formula is C29H52O3. The van der Waals surface area contributed by atoms with E-state index in [1.54, 1.807) is 0 Å². The van der Waals surface area contributed by atoms with Gasteiger partial charge in [-0.2, -0.15) is 0 Å². The molecule has 3 heteroatoms. The summed E-state index contributed by atoms with van der Waals surface area (Å²) in [6.07, 6.45) is 10.1. The fourth-order valence-electron chi connectivity index (χ4n) is 9.85. The lowest BCUT2D eigenvalue weighted by molar-refractivity contribution is -0.191. The van der Waals surface area contributed by atoms with Gasteiger partial charge >= 0.3 is 0 Å². The third kappa shape index (κ3) is 3.91. The van der Waals surface area contributed by atoms with Gasteiger partial charge in [0.15, 0.2) is 0 Å². The summed E-state index contributed by atoms with van der Waals surface area (Å²) >= 11 is 0. The maximum atomic E-state index is 11.4. The summed E-state index contributed by atoms with van der Waals surface area (Å²) in [6.45, 7) is 15.8. The monoisotopic (exact) mass is 448 g/mol. The Morgan fingerprint density at radius 1 is 0.875 bits per heavy atom. The smallest absolute Gasteiger partial charge is 0.0617 e. The summed E-state index contributed by atoms with van der Waals surface area (Å²) in [7, 11) is 0. The Bertz CT molecular complexity index is 670. The number of aliphatic hydroxyl groups is 3. The van der Waals surface area contributed by atoms with E-state index < -0.39 is 5.60 Å². The molecule has 0 saturated heterocycles. The highest BCUT2D eigenvalue weighted by Crippen LogP contribution is 2.69. The van der Waals surface area contributed by atoms with E-state index in [2.05, 4.69) is 34.6 Å². The molecule has 0 aromatic carbocycles. The summed E-state index contributed by atoms with van der Waals surface area (Å²) in [5.41, 5.74) is 0.00421. The van der Waals surface area contributed by atoms with Crippen LogP contribution in [-0.4, -0.2) is 33.1 Å². The summed E-state index contributed by atoms with van der Waals surface area (Å²) < 4.78 is 0. The van der Waals surface area contributed by atoms with Crippen LogP contribution in [0.5, 0.6) is 0 Å². The van der Waals surface area contributed by atoms with Crippen molar-refractivity contribution < 1.29 is 15.3 Å². The number of rotatable bonds is 5. The van der Waals surface area contributed by atoms with Crippen LogP contribution in [0.4, 0.5) is 0 Å². The van der Waals surface area contributed by atoms with Crippen LogP contribution in [0.25, 0.3) is 0 Å². The highest BCUT2D eigenvalue weighted by atomic mass is 16.3. The van der Waals surface area contributed by atoms with Gasteiger partial charge in [0, 0.05) is 0 Å². The number of hydrogen-bond acceptors (Lipinski definition) is 3. The lowest BCUT2D eigenvalue weighted by atomic mass is 9.42. The SMILES string of the molecule is CC(CCC(C)C(C)(C)O)C1CCC2C3CC(O)C4C(C)C(O)CCC4(C)C3CCC12C. The second-order valence-corrected chi connectivity index (χ2v) is 14.0. The standard InChI is InChI=1S/C29H52O3/c1-17(8-9-18(2)27(4,5)32)21-10-11-22-20-16-25(31)26-19(3)24(30)13-15-29(26,7)23(20)12-14-28(21,22)6/h17-26,30-32H,8-16H2,1-7H3. The number of fused-ring (bicyclic) bond motifs is 5. The molecule has 4 aliphatic rings. The van der Waals surface area contributed by atoms with Crippen molar-refractivity contribution in [2.75, 3.05) is 0 Å². The normalized spacial score (nSPS) is 50.8. The number of hydrogen-bond donors (Lipinski definition) is 3. The van der Waals surface area contributed by atoms with Crippen LogP contribution in [0.1, 0.15) is 106 Å². The first kappa shape index (κ1) is 25.0. The Labute approximate surface area is 197 Å². The molecular weight excluding hydrogens is 396 g/mol. The van der Waals surface area contributed by atoms with Gasteiger partial charge in [-0.3, -0.25) is 0 Å². The minimum Gasteiger partial charge on any atom is -0.393 e. The Hall–Kier alpha value is -0.120. The highest BCUT2D eigenvalue weighted by Gasteiger charge is 2.63. The fourth-order valence-corrected chi connectivity index (χ4v) is 9.85. The average Bonchev–Trinajstić information content (AvgIpc) is 3.05. The van der Waals surface area contributed by atoms with Gasteiger partial charge in [-0.15, -0.1) is 0 Å². The van der Waals surface area contributed by atoms with Gasteiger partial charge in [0.25, 0.3) is 0 Å². The molecule has 0 bridgehead atoms. The van der Waals surface area contributed by atoms with Crippen molar-refractivity contribution in [2.45, 2.75) is 124 Å². The zero-order valence-electron chi connectivity index (χ0n) is 22.0. The van der Waals surface area contributed by atoms with E-state index in [9.17, 15) is 15.3 Å². The molecule has 3 nitrogen and oxygen atoms in total. The summed E-state index contributed by atoms with van der Waals surface area (Å²) in [6, 6.07) is 0. The molecule has 4 aliphatic carbocycles. The zero-order valence-corrected chi connectivity index (χ0v) is 22.0. The molecule has 12 unspecified atom stereocenters. The molecule has 4 saturated carbocycles. The van der Waals surface area contributed by atoms with Gasteiger partial charge < -0.3 is 15.3 Å². The Morgan fingerprint density at radius 3 is 2.16 bits per heavy atom. The lowest BCUT2D eigenvalue weighted by Gasteiger charge is -2.63. The zero-order chi connectivity index (χ0) is 23.6. The van der Waals surface area contributed by atoms with Gasteiger partial charge in [0.1, 0.15) is 0 Å². The molecule has 186 valence electrons. The largest absolute Gasteiger partial charge is 0.393 e. The molecule has 0 aromatic rings. The minimum atomic E-state index is -0.588. The van der Waals surface area contributed by atoms with Crippen molar-refractivity contribution in [2.24, 2.45) is 58.2 Å². The van der Waals surface area contributed by atoms with Gasteiger partial charge in [-0.1, -0.05) is 41.0 Å². The first-order valence-electron chi connectivity index (χ1n) is 13.9. The van der Waals surface area contributed by atoms with Crippen molar-refractivity contribution in [1.82, 2.24) is 0 Å². The van der Waals surface area contributed by atoms with Crippen LogP contribution < -0.4 is 0 Å². The minimum absolute atomic E-state index is 0.189. The van der Waals surface area contributed by atoms with E-state index in [0.29, 0.717) is 29.1 Å². The van der Waals surface area contributed by atoms with Crippen LogP contribution in [-0.2, 0) is 0 Å². The first-order chi connectivity index (χ1) is 14.8.